The predicted octanol–water partition coefficient (Wildman–Crippen LogP) is 2.42. The van der Waals surface area contributed by atoms with Crippen LogP contribution in [-0.4, -0.2) is 53.7 Å². The Kier molecular flexibility index (Phi) is 12.5. The summed E-state index contributed by atoms with van der Waals surface area (Å²) in [4.78, 5) is 11.6. The highest BCUT2D eigenvalue weighted by Gasteiger charge is 2.39. The maximum Gasteiger partial charge on any atom is 0.234 e. The molecule has 1 aliphatic carbocycles. The number of unbranched alkanes of at least 4 members (excludes halogenated alkanes) is 3. The number of allylic oxidation sites excluding steroid dienone is 2. The third-order valence-electron chi connectivity index (χ3n) is 5.57. The molecule has 0 spiro atoms. The minimum Gasteiger partial charge on any atom is -0.393 e. The summed E-state index contributed by atoms with van der Waals surface area (Å²) < 4.78 is 24.7. The van der Waals surface area contributed by atoms with Gasteiger partial charge in [-0.25, -0.2) is 8.42 Å². The number of hydrogen-bond donors (Lipinski definition) is 4. The Balaban J connectivity index is 2.43. The van der Waals surface area contributed by atoms with Crippen molar-refractivity contribution >= 4 is 15.9 Å². The molecule has 30 heavy (non-hydrogen) atoms. The van der Waals surface area contributed by atoms with Crippen LogP contribution >= 0.6 is 0 Å². The lowest BCUT2D eigenvalue weighted by Gasteiger charge is -2.19. The molecule has 1 fully saturated rings. The van der Waals surface area contributed by atoms with Crippen molar-refractivity contribution in [1.29, 1.82) is 0 Å². The van der Waals surface area contributed by atoms with E-state index in [4.69, 9.17) is 0 Å². The first kappa shape index (κ1) is 26.8. The number of aliphatic hydroxyl groups is 3. The van der Waals surface area contributed by atoms with Gasteiger partial charge in [-0.15, -0.1) is 0 Å². The molecule has 0 unspecified atom stereocenters. The van der Waals surface area contributed by atoms with Gasteiger partial charge in [-0.05, 0) is 38.5 Å². The maximum atomic E-state index is 11.6. The zero-order valence-electron chi connectivity index (χ0n) is 18.2. The van der Waals surface area contributed by atoms with Gasteiger partial charge in [-0.2, -0.15) is 0 Å². The Hall–Kier alpha value is -1.22. The van der Waals surface area contributed by atoms with E-state index in [1.807, 2.05) is 23.0 Å². The third kappa shape index (κ3) is 10.2. The molecule has 1 amide bonds. The lowest BCUT2D eigenvalue weighted by molar-refractivity contribution is -0.119. The molecule has 0 heterocycles. The molecular formula is C22H39NO6S. The van der Waals surface area contributed by atoms with Crippen LogP contribution in [0.25, 0.3) is 0 Å². The minimum atomic E-state index is -3.51. The van der Waals surface area contributed by atoms with E-state index in [1.165, 1.54) is 6.92 Å². The van der Waals surface area contributed by atoms with Crippen molar-refractivity contribution < 1.29 is 28.5 Å². The number of hydrogen-bond acceptors (Lipinski definition) is 6. The largest absolute Gasteiger partial charge is 0.393 e. The first-order valence-corrected chi connectivity index (χ1v) is 12.8. The molecule has 1 aliphatic rings. The Morgan fingerprint density at radius 1 is 1.13 bits per heavy atom. The molecule has 0 aromatic rings. The van der Waals surface area contributed by atoms with E-state index in [1.54, 1.807) is 6.08 Å². The fourth-order valence-electron chi connectivity index (χ4n) is 3.71. The van der Waals surface area contributed by atoms with Crippen molar-refractivity contribution in [1.82, 2.24) is 4.72 Å². The standard InChI is InChI=1S/C22H39NO6S/c1-3-5-8-11-17(24)14-15-19-18(20(25)16-21(19)26)12-9-6-7-10-13-22(27)23-30(28,29)4-2/h6,9,14-15,17-21,24-26H,3-5,7-8,10-13,16H2,1-2H3,(H,23,27)/b9-6+,15-14+/t17-,18+,19+,20-,21+/m0/s1. The molecule has 0 saturated heterocycles. The molecule has 0 aromatic heterocycles. The van der Waals surface area contributed by atoms with Gasteiger partial charge in [0.2, 0.25) is 15.9 Å². The van der Waals surface area contributed by atoms with Crippen LogP contribution in [0.1, 0.15) is 71.6 Å². The molecule has 1 saturated carbocycles. The first-order chi connectivity index (χ1) is 14.2. The number of rotatable bonds is 14. The van der Waals surface area contributed by atoms with Crippen LogP contribution < -0.4 is 4.72 Å². The van der Waals surface area contributed by atoms with Crippen LogP contribution in [0.2, 0.25) is 0 Å². The van der Waals surface area contributed by atoms with Gasteiger partial charge in [-0.3, -0.25) is 9.52 Å². The molecule has 7 nitrogen and oxygen atoms in total. The van der Waals surface area contributed by atoms with Gasteiger partial charge in [0.15, 0.2) is 0 Å². The highest BCUT2D eigenvalue weighted by Crippen LogP contribution is 2.36. The quantitative estimate of drug-likeness (QED) is 0.240. The number of carbonyl (C=O) groups excluding carboxylic acids is 1. The summed E-state index contributed by atoms with van der Waals surface area (Å²) in [5, 5.41) is 30.6. The van der Waals surface area contributed by atoms with Crippen molar-refractivity contribution in [3.63, 3.8) is 0 Å². The second-order valence-electron chi connectivity index (χ2n) is 8.09. The minimum absolute atomic E-state index is 0.117. The van der Waals surface area contributed by atoms with Crippen LogP contribution in [0.4, 0.5) is 0 Å². The Morgan fingerprint density at radius 2 is 1.87 bits per heavy atom. The molecule has 0 bridgehead atoms. The molecule has 8 heteroatoms. The van der Waals surface area contributed by atoms with Gasteiger partial charge in [0.25, 0.3) is 0 Å². The lowest BCUT2D eigenvalue weighted by Crippen LogP contribution is -2.31. The fraction of sp³-hybridized carbons (Fsp3) is 0.773. The van der Waals surface area contributed by atoms with E-state index < -0.39 is 34.2 Å². The highest BCUT2D eigenvalue weighted by atomic mass is 32.2. The SMILES string of the molecule is CCCCC[C@H](O)/C=C/[C@@H]1[C@@H](C/C=C/CCCC(=O)NS(=O)(=O)CC)[C@@H](O)C[C@H]1O. The summed E-state index contributed by atoms with van der Waals surface area (Å²) in [6, 6.07) is 0. The van der Waals surface area contributed by atoms with E-state index in [0.717, 1.165) is 19.3 Å². The van der Waals surface area contributed by atoms with Crippen molar-refractivity contribution in [3.05, 3.63) is 24.3 Å². The third-order valence-corrected chi connectivity index (χ3v) is 6.87. The Bertz CT molecular complexity index is 661. The fourth-order valence-corrected chi connectivity index (χ4v) is 4.30. The molecule has 5 atom stereocenters. The molecule has 4 N–H and O–H groups in total. The van der Waals surface area contributed by atoms with Crippen LogP contribution in [0.3, 0.4) is 0 Å². The van der Waals surface area contributed by atoms with Crippen molar-refractivity contribution in [2.45, 2.75) is 89.9 Å². The van der Waals surface area contributed by atoms with E-state index in [0.29, 0.717) is 32.1 Å². The van der Waals surface area contributed by atoms with Crippen LogP contribution in [0, 0.1) is 11.8 Å². The maximum absolute atomic E-state index is 11.6. The first-order valence-electron chi connectivity index (χ1n) is 11.1. The second kappa shape index (κ2) is 14.0. The number of sulfonamides is 1. The van der Waals surface area contributed by atoms with Gasteiger partial charge < -0.3 is 15.3 Å². The predicted molar refractivity (Wildman–Crippen MR) is 118 cm³/mol. The topological polar surface area (TPSA) is 124 Å². The van der Waals surface area contributed by atoms with Gasteiger partial charge in [-0.1, -0.05) is 50.5 Å². The normalized spacial score (nSPS) is 25.9. The van der Waals surface area contributed by atoms with Gasteiger partial charge >= 0.3 is 0 Å². The summed E-state index contributed by atoms with van der Waals surface area (Å²) in [7, 11) is -3.51. The smallest absolute Gasteiger partial charge is 0.234 e. The number of aliphatic hydroxyl groups excluding tert-OH is 3. The van der Waals surface area contributed by atoms with Gasteiger partial charge in [0.1, 0.15) is 0 Å². The zero-order chi connectivity index (χ0) is 22.6. The van der Waals surface area contributed by atoms with E-state index >= 15 is 0 Å². The Morgan fingerprint density at radius 3 is 2.53 bits per heavy atom. The van der Waals surface area contributed by atoms with Crippen molar-refractivity contribution in [3.8, 4) is 0 Å². The van der Waals surface area contributed by atoms with E-state index in [-0.39, 0.29) is 24.0 Å². The summed E-state index contributed by atoms with van der Waals surface area (Å²) >= 11 is 0. The average molecular weight is 446 g/mol. The van der Waals surface area contributed by atoms with Crippen LogP contribution in [-0.2, 0) is 14.8 Å². The molecule has 0 aliphatic heterocycles. The van der Waals surface area contributed by atoms with Crippen LogP contribution in [0.5, 0.6) is 0 Å². The monoisotopic (exact) mass is 445 g/mol. The summed E-state index contributed by atoms with van der Waals surface area (Å²) in [5.74, 6) is -0.939. The van der Waals surface area contributed by atoms with E-state index in [9.17, 15) is 28.5 Å². The molecule has 1 rings (SSSR count). The van der Waals surface area contributed by atoms with Gasteiger partial charge in [0.05, 0.1) is 24.1 Å². The average Bonchev–Trinajstić information content (AvgIpc) is 2.95. The molecule has 0 radical (unpaired) electrons. The number of nitrogens with one attached hydrogen (secondary N) is 1. The number of carbonyl (C=O) groups is 1. The summed E-state index contributed by atoms with van der Waals surface area (Å²) in [6.07, 6.45) is 11.7. The van der Waals surface area contributed by atoms with Crippen molar-refractivity contribution in [2.75, 3.05) is 5.75 Å². The molecule has 174 valence electrons. The van der Waals surface area contributed by atoms with Gasteiger partial charge in [0, 0.05) is 18.8 Å². The Labute approximate surface area is 181 Å². The highest BCUT2D eigenvalue weighted by molar-refractivity contribution is 7.90. The zero-order valence-corrected chi connectivity index (χ0v) is 19.1. The second-order valence-corrected chi connectivity index (χ2v) is 10.1. The van der Waals surface area contributed by atoms with E-state index in [2.05, 4.69) is 6.92 Å². The van der Waals surface area contributed by atoms with Crippen LogP contribution in [0.15, 0.2) is 24.3 Å². The van der Waals surface area contributed by atoms with Crippen molar-refractivity contribution in [2.24, 2.45) is 11.8 Å². The number of amides is 1. The molecular weight excluding hydrogens is 406 g/mol. The summed E-state index contributed by atoms with van der Waals surface area (Å²) in [5.41, 5.74) is 0. The summed E-state index contributed by atoms with van der Waals surface area (Å²) in [6.45, 7) is 3.59. The lowest BCUT2D eigenvalue weighted by atomic mass is 9.89. The molecule has 0 aromatic carbocycles.